The number of benzene rings is 2. The van der Waals surface area contributed by atoms with Gasteiger partial charge in [0.05, 0.1) is 7.11 Å². The van der Waals surface area contributed by atoms with Gasteiger partial charge in [0.25, 0.3) is 0 Å². The van der Waals surface area contributed by atoms with Crippen LogP contribution in [0.1, 0.15) is 39.3 Å². The lowest BCUT2D eigenvalue weighted by molar-refractivity contribution is -0.142. The van der Waals surface area contributed by atoms with Crippen molar-refractivity contribution in [2.75, 3.05) is 13.7 Å². The van der Waals surface area contributed by atoms with E-state index in [1.807, 2.05) is 74.5 Å². The fourth-order valence-corrected chi connectivity index (χ4v) is 3.65. The standard InChI is InChI=1S/C26H29NO4/c1-19-17-24(20(2)27(19)16-15-22-9-12-23(30-3)13-10-22)25(28)18-31-26(29)14-11-21-7-5-4-6-8-21/h4-10,12-13,17H,11,14-16,18H2,1-3H3. The molecule has 0 saturated heterocycles. The number of ketones is 1. The first kappa shape index (κ1) is 22.3. The van der Waals surface area contributed by atoms with Crippen LogP contribution in [0.25, 0.3) is 0 Å². The average Bonchev–Trinajstić information content (AvgIpc) is 3.09. The van der Waals surface area contributed by atoms with E-state index in [9.17, 15) is 9.59 Å². The smallest absolute Gasteiger partial charge is 0.306 e. The molecule has 3 rings (SSSR count). The molecule has 1 heterocycles. The molecule has 0 aliphatic carbocycles. The average molecular weight is 420 g/mol. The summed E-state index contributed by atoms with van der Waals surface area (Å²) in [5.74, 6) is 0.311. The molecule has 2 aromatic carbocycles. The number of hydrogen-bond donors (Lipinski definition) is 0. The summed E-state index contributed by atoms with van der Waals surface area (Å²) in [7, 11) is 1.65. The zero-order chi connectivity index (χ0) is 22.2. The van der Waals surface area contributed by atoms with E-state index in [4.69, 9.17) is 9.47 Å². The lowest BCUT2D eigenvalue weighted by Gasteiger charge is -2.10. The first-order chi connectivity index (χ1) is 15.0. The summed E-state index contributed by atoms with van der Waals surface area (Å²) in [6, 6.07) is 19.6. The molecule has 0 radical (unpaired) electrons. The van der Waals surface area contributed by atoms with Gasteiger partial charge in [0.2, 0.25) is 5.78 Å². The molecule has 0 saturated carbocycles. The van der Waals surface area contributed by atoms with Crippen LogP contribution in [0.5, 0.6) is 5.75 Å². The van der Waals surface area contributed by atoms with Crippen LogP contribution in [-0.4, -0.2) is 30.0 Å². The van der Waals surface area contributed by atoms with E-state index < -0.39 is 0 Å². The second-order valence-corrected chi connectivity index (χ2v) is 7.60. The van der Waals surface area contributed by atoms with Crippen LogP contribution >= 0.6 is 0 Å². The topological polar surface area (TPSA) is 57.5 Å². The molecule has 0 atom stereocenters. The summed E-state index contributed by atoms with van der Waals surface area (Å²) in [5, 5.41) is 0. The van der Waals surface area contributed by atoms with Gasteiger partial charge in [0, 0.05) is 29.9 Å². The first-order valence-electron chi connectivity index (χ1n) is 10.5. The SMILES string of the molecule is COc1ccc(CCn2c(C)cc(C(=O)COC(=O)CCc3ccccc3)c2C)cc1. The van der Waals surface area contributed by atoms with E-state index >= 15 is 0 Å². The molecule has 0 unspecified atom stereocenters. The van der Waals surface area contributed by atoms with E-state index in [0.29, 0.717) is 12.0 Å². The predicted octanol–water partition coefficient (Wildman–Crippen LogP) is 4.71. The minimum absolute atomic E-state index is 0.170. The van der Waals surface area contributed by atoms with Crippen molar-refractivity contribution in [3.8, 4) is 5.75 Å². The Balaban J connectivity index is 1.53. The molecule has 31 heavy (non-hydrogen) atoms. The van der Waals surface area contributed by atoms with Crippen molar-refractivity contribution >= 4 is 11.8 Å². The molecular formula is C26H29NO4. The molecule has 1 aromatic heterocycles. The number of hydrogen-bond acceptors (Lipinski definition) is 4. The van der Waals surface area contributed by atoms with Crippen molar-refractivity contribution in [2.24, 2.45) is 0 Å². The molecule has 5 nitrogen and oxygen atoms in total. The van der Waals surface area contributed by atoms with Gasteiger partial charge < -0.3 is 14.0 Å². The molecule has 0 N–H and O–H groups in total. The lowest BCUT2D eigenvalue weighted by atomic mass is 10.1. The van der Waals surface area contributed by atoms with E-state index in [0.717, 1.165) is 35.7 Å². The Morgan fingerprint density at radius 1 is 0.903 bits per heavy atom. The number of nitrogens with zero attached hydrogens (tertiary/aromatic N) is 1. The van der Waals surface area contributed by atoms with Crippen LogP contribution in [0.15, 0.2) is 60.7 Å². The monoisotopic (exact) mass is 419 g/mol. The third kappa shape index (κ3) is 6.07. The number of esters is 1. The molecule has 0 fully saturated rings. The summed E-state index contributed by atoms with van der Waals surface area (Å²) < 4.78 is 12.6. The van der Waals surface area contributed by atoms with E-state index in [1.165, 1.54) is 5.56 Å². The van der Waals surface area contributed by atoms with Crippen LogP contribution in [0.3, 0.4) is 0 Å². The second-order valence-electron chi connectivity index (χ2n) is 7.60. The second kappa shape index (κ2) is 10.6. The number of aryl methyl sites for hydroxylation is 3. The summed E-state index contributed by atoms with van der Waals surface area (Å²) in [4.78, 5) is 24.7. The van der Waals surface area contributed by atoms with Gasteiger partial charge in [-0.3, -0.25) is 9.59 Å². The molecule has 3 aromatic rings. The number of methoxy groups -OCH3 is 1. The van der Waals surface area contributed by atoms with Gasteiger partial charge in [-0.25, -0.2) is 0 Å². The fourth-order valence-electron chi connectivity index (χ4n) is 3.65. The fraction of sp³-hybridized carbons (Fsp3) is 0.308. The largest absolute Gasteiger partial charge is 0.497 e. The first-order valence-corrected chi connectivity index (χ1v) is 10.5. The zero-order valence-electron chi connectivity index (χ0n) is 18.4. The van der Waals surface area contributed by atoms with Crippen LogP contribution in [0.4, 0.5) is 0 Å². The van der Waals surface area contributed by atoms with Crippen LogP contribution in [0, 0.1) is 13.8 Å². The highest BCUT2D eigenvalue weighted by atomic mass is 16.5. The summed E-state index contributed by atoms with van der Waals surface area (Å²) in [6.07, 6.45) is 1.72. The Morgan fingerprint density at radius 2 is 1.58 bits per heavy atom. The van der Waals surface area contributed by atoms with Crippen molar-refractivity contribution in [1.82, 2.24) is 4.57 Å². The number of ether oxygens (including phenoxy) is 2. The minimum Gasteiger partial charge on any atom is -0.497 e. The third-order valence-electron chi connectivity index (χ3n) is 5.48. The normalized spacial score (nSPS) is 10.7. The quantitative estimate of drug-likeness (QED) is 0.353. The number of rotatable bonds is 10. The van der Waals surface area contributed by atoms with Gasteiger partial charge in [-0.2, -0.15) is 0 Å². The number of carbonyl (C=O) groups excluding carboxylic acids is 2. The van der Waals surface area contributed by atoms with Crippen molar-refractivity contribution < 1.29 is 19.1 Å². The molecule has 0 amide bonds. The van der Waals surface area contributed by atoms with Crippen molar-refractivity contribution in [3.05, 3.63) is 88.7 Å². The Bertz CT molecular complexity index is 1020. The molecule has 0 spiro atoms. The molecule has 5 heteroatoms. The Morgan fingerprint density at radius 3 is 2.26 bits per heavy atom. The summed E-state index contributed by atoms with van der Waals surface area (Å²) in [6.45, 7) is 4.47. The Hall–Kier alpha value is -3.34. The molecule has 0 bridgehead atoms. The van der Waals surface area contributed by atoms with Crippen molar-refractivity contribution in [3.63, 3.8) is 0 Å². The van der Waals surface area contributed by atoms with Gasteiger partial charge in [-0.15, -0.1) is 0 Å². The van der Waals surface area contributed by atoms with E-state index in [2.05, 4.69) is 4.57 Å². The minimum atomic E-state index is -0.356. The Kier molecular flexibility index (Phi) is 7.65. The molecular weight excluding hydrogens is 390 g/mol. The van der Waals surface area contributed by atoms with Crippen LogP contribution < -0.4 is 4.74 Å². The van der Waals surface area contributed by atoms with Gasteiger partial charge in [0.1, 0.15) is 5.75 Å². The van der Waals surface area contributed by atoms with Crippen LogP contribution in [0.2, 0.25) is 0 Å². The van der Waals surface area contributed by atoms with Gasteiger partial charge in [-0.05, 0) is 56.0 Å². The zero-order valence-corrected chi connectivity index (χ0v) is 18.4. The highest BCUT2D eigenvalue weighted by Gasteiger charge is 2.17. The maximum absolute atomic E-state index is 12.7. The maximum atomic E-state index is 12.7. The van der Waals surface area contributed by atoms with E-state index in [1.54, 1.807) is 7.11 Å². The molecule has 0 aliphatic rings. The third-order valence-corrected chi connectivity index (χ3v) is 5.48. The number of carbonyl (C=O) groups is 2. The number of Topliss-reactive ketones (excluding diaryl/α,β-unsaturated/α-hetero) is 1. The van der Waals surface area contributed by atoms with Gasteiger partial charge >= 0.3 is 5.97 Å². The molecule has 162 valence electrons. The van der Waals surface area contributed by atoms with Crippen molar-refractivity contribution in [1.29, 1.82) is 0 Å². The summed E-state index contributed by atoms with van der Waals surface area (Å²) in [5.41, 5.74) is 4.81. The maximum Gasteiger partial charge on any atom is 0.306 e. The number of aromatic nitrogens is 1. The van der Waals surface area contributed by atoms with Gasteiger partial charge in [-0.1, -0.05) is 42.5 Å². The van der Waals surface area contributed by atoms with Gasteiger partial charge in [0.15, 0.2) is 6.61 Å². The summed E-state index contributed by atoms with van der Waals surface area (Å²) >= 11 is 0. The Labute approximate surface area is 183 Å². The lowest BCUT2D eigenvalue weighted by Crippen LogP contribution is -2.15. The van der Waals surface area contributed by atoms with Crippen molar-refractivity contribution in [2.45, 2.75) is 39.7 Å². The predicted molar refractivity (Wildman–Crippen MR) is 121 cm³/mol. The highest BCUT2D eigenvalue weighted by molar-refractivity contribution is 5.99. The molecule has 0 aliphatic heterocycles. The highest BCUT2D eigenvalue weighted by Crippen LogP contribution is 2.18. The van der Waals surface area contributed by atoms with E-state index in [-0.39, 0.29) is 24.8 Å². The van der Waals surface area contributed by atoms with Crippen LogP contribution in [-0.2, 0) is 28.9 Å².